The quantitative estimate of drug-likeness (QED) is 0.851. The summed E-state index contributed by atoms with van der Waals surface area (Å²) in [6.07, 6.45) is 0.0239. The van der Waals surface area contributed by atoms with Crippen molar-refractivity contribution < 1.29 is 23.1 Å². The van der Waals surface area contributed by atoms with Gasteiger partial charge in [-0.1, -0.05) is 12.1 Å². The van der Waals surface area contributed by atoms with Crippen LogP contribution >= 0.6 is 0 Å². The molecule has 1 aromatic carbocycles. The number of benzene rings is 1. The van der Waals surface area contributed by atoms with E-state index >= 15 is 0 Å². The monoisotopic (exact) mass is 327 g/mol. The van der Waals surface area contributed by atoms with Crippen LogP contribution in [0, 0.1) is 0 Å². The van der Waals surface area contributed by atoms with E-state index in [1.54, 1.807) is 26.0 Å². The second-order valence-corrected chi connectivity index (χ2v) is 7.94. The summed E-state index contributed by atoms with van der Waals surface area (Å²) >= 11 is 0. The Morgan fingerprint density at radius 2 is 1.64 bits per heavy atom. The molecule has 0 aliphatic carbocycles. The Hall–Kier alpha value is -1.89. The van der Waals surface area contributed by atoms with Crippen LogP contribution in [0.2, 0.25) is 0 Å². The molecule has 122 valence electrons. The van der Waals surface area contributed by atoms with Crippen LogP contribution in [-0.2, 0) is 25.8 Å². The average Bonchev–Trinajstić information content (AvgIpc) is 2.45. The topological polar surface area (TPSA) is 91.8 Å². The largest absolute Gasteiger partial charge is 0.480 e. The Morgan fingerprint density at radius 3 is 2.05 bits per heavy atom. The van der Waals surface area contributed by atoms with Crippen LogP contribution in [0.3, 0.4) is 0 Å². The SMILES string of the molecule is CC(C(=O)O)N(C)C(=O)Cc1ccc(S(=O)(=O)C(C)C)cc1. The van der Waals surface area contributed by atoms with Crippen LogP contribution in [0.1, 0.15) is 26.3 Å². The molecule has 1 aromatic rings. The molecule has 0 saturated heterocycles. The Bertz CT molecular complexity index is 649. The lowest BCUT2D eigenvalue weighted by molar-refractivity contribution is -0.147. The van der Waals surface area contributed by atoms with Crippen molar-refractivity contribution in [3.05, 3.63) is 29.8 Å². The van der Waals surface area contributed by atoms with Crippen LogP contribution in [0.15, 0.2) is 29.2 Å². The van der Waals surface area contributed by atoms with Crippen LogP contribution in [0.5, 0.6) is 0 Å². The molecule has 6 nitrogen and oxygen atoms in total. The summed E-state index contributed by atoms with van der Waals surface area (Å²) in [5.41, 5.74) is 0.636. The number of carboxylic acids is 1. The molecule has 1 unspecified atom stereocenters. The molecule has 0 saturated carbocycles. The highest BCUT2D eigenvalue weighted by Crippen LogP contribution is 2.17. The van der Waals surface area contributed by atoms with Gasteiger partial charge in [0.05, 0.1) is 16.6 Å². The Kier molecular flexibility index (Phi) is 5.71. The molecule has 0 spiro atoms. The van der Waals surface area contributed by atoms with Gasteiger partial charge in [0.1, 0.15) is 6.04 Å². The minimum Gasteiger partial charge on any atom is -0.480 e. The molecule has 0 bridgehead atoms. The number of carbonyl (C=O) groups excluding carboxylic acids is 1. The van der Waals surface area contributed by atoms with Gasteiger partial charge in [-0.05, 0) is 38.5 Å². The molecular formula is C15H21NO5S. The molecule has 0 aliphatic heterocycles. The number of nitrogens with zero attached hydrogens (tertiary/aromatic N) is 1. The molecule has 7 heteroatoms. The van der Waals surface area contributed by atoms with Crippen molar-refractivity contribution in [3.63, 3.8) is 0 Å². The van der Waals surface area contributed by atoms with Crippen molar-refractivity contribution in [2.75, 3.05) is 7.05 Å². The summed E-state index contributed by atoms with van der Waals surface area (Å²) < 4.78 is 24.0. The van der Waals surface area contributed by atoms with E-state index in [1.807, 2.05) is 0 Å². The van der Waals surface area contributed by atoms with Gasteiger partial charge in [0.15, 0.2) is 9.84 Å². The second kappa shape index (κ2) is 6.91. The van der Waals surface area contributed by atoms with Gasteiger partial charge in [0.2, 0.25) is 5.91 Å². The minimum absolute atomic E-state index is 0.0239. The highest BCUT2D eigenvalue weighted by Gasteiger charge is 2.22. The normalized spacial score (nSPS) is 13.0. The average molecular weight is 327 g/mol. The first-order valence-electron chi connectivity index (χ1n) is 6.88. The van der Waals surface area contributed by atoms with Gasteiger partial charge in [-0.25, -0.2) is 13.2 Å². The molecule has 0 aromatic heterocycles. The van der Waals surface area contributed by atoms with Crippen LogP contribution in [-0.4, -0.2) is 48.6 Å². The van der Waals surface area contributed by atoms with Crippen LogP contribution in [0.25, 0.3) is 0 Å². The molecule has 0 heterocycles. The van der Waals surface area contributed by atoms with E-state index in [-0.39, 0.29) is 17.2 Å². The van der Waals surface area contributed by atoms with E-state index in [4.69, 9.17) is 5.11 Å². The van der Waals surface area contributed by atoms with Crippen molar-refractivity contribution >= 4 is 21.7 Å². The van der Waals surface area contributed by atoms with E-state index in [2.05, 4.69) is 0 Å². The number of amides is 1. The summed E-state index contributed by atoms with van der Waals surface area (Å²) in [4.78, 5) is 24.2. The zero-order chi connectivity index (χ0) is 17.1. The number of carboxylic acid groups (broad SMARTS) is 1. The van der Waals surface area contributed by atoms with Crippen molar-refractivity contribution in [2.45, 2.75) is 43.4 Å². The predicted octanol–water partition coefficient (Wildman–Crippen LogP) is 1.34. The van der Waals surface area contributed by atoms with Gasteiger partial charge in [-0.15, -0.1) is 0 Å². The number of hydrogen-bond donors (Lipinski definition) is 1. The number of hydrogen-bond acceptors (Lipinski definition) is 4. The number of aliphatic carboxylic acids is 1. The third-order valence-corrected chi connectivity index (χ3v) is 5.73. The van der Waals surface area contributed by atoms with Crippen molar-refractivity contribution in [2.24, 2.45) is 0 Å². The van der Waals surface area contributed by atoms with Crippen molar-refractivity contribution in [1.82, 2.24) is 4.90 Å². The number of rotatable bonds is 6. The highest BCUT2D eigenvalue weighted by molar-refractivity contribution is 7.92. The van der Waals surface area contributed by atoms with Gasteiger partial charge in [0.25, 0.3) is 0 Å². The van der Waals surface area contributed by atoms with E-state index in [0.29, 0.717) is 5.56 Å². The summed E-state index contributed by atoms with van der Waals surface area (Å²) in [5.74, 6) is -1.41. The number of carbonyl (C=O) groups is 2. The lowest BCUT2D eigenvalue weighted by Gasteiger charge is -2.21. The van der Waals surface area contributed by atoms with Gasteiger partial charge in [-0.2, -0.15) is 0 Å². The molecule has 1 amide bonds. The van der Waals surface area contributed by atoms with Gasteiger partial charge in [-0.3, -0.25) is 4.79 Å². The lowest BCUT2D eigenvalue weighted by Crippen LogP contribution is -2.41. The summed E-state index contributed by atoms with van der Waals surface area (Å²) in [6.45, 7) is 4.64. The zero-order valence-electron chi connectivity index (χ0n) is 13.1. The highest BCUT2D eigenvalue weighted by atomic mass is 32.2. The number of likely N-dealkylation sites (N-methyl/N-ethyl adjacent to an activating group) is 1. The van der Waals surface area contributed by atoms with Gasteiger partial charge < -0.3 is 10.0 Å². The fourth-order valence-corrected chi connectivity index (χ4v) is 2.81. The lowest BCUT2D eigenvalue weighted by atomic mass is 10.1. The number of sulfone groups is 1. The zero-order valence-corrected chi connectivity index (χ0v) is 13.9. The third-order valence-electron chi connectivity index (χ3n) is 3.56. The Morgan fingerprint density at radius 1 is 1.14 bits per heavy atom. The molecule has 1 N–H and O–H groups in total. The Labute approximate surface area is 130 Å². The second-order valence-electron chi connectivity index (χ2n) is 5.43. The maximum atomic E-state index is 12.0. The smallest absolute Gasteiger partial charge is 0.326 e. The molecule has 1 rings (SSSR count). The first-order chi connectivity index (χ1) is 10.1. The first kappa shape index (κ1) is 18.2. The Balaban J connectivity index is 2.85. The fourth-order valence-electron chi connectivity index (χ4n) is 1.75. The van der Waals surface area contributed by atoms with E-state index in [9.17, 15) is 18.0 Å². The summed E-state index contributed by atoms with van der Waals surface area (Å²) in [5, 5.41) is 8.37. The van der Waals surface area contributed by atoms with E-state index in [1.165, 1.54) is 26.1 Å². The maximum Gasteiger partial charge on any atom is 0.326 e. The van der Waals surface area contributed by atoms with E-state index in [0.717, 1.165) is 4.90 Å². The van der Waals surface area contributed by atoms with Crippen molar-refractivity contribution in [3.8, 4) is 0 Å². The molecule has 0 aliphatic rings. The van der Waals surface area contributed by atoms with Gasteiger partial charge in [0, 0.05) is 7.05 Å². The first-order valence-corrected chi connectivity index (χ1v) is 8.43. The molecule has 22 heavy (non-hydrogen) atoms. The standard InChI is InChI=1S/C15H21NO5S/c1-10(2)22(20,21)13-7-5-12(6-8-13)9-14(17)16(4)11(3)15(18)19/h5-8,10-11H,9H2,1-4H3,(H,18,19). The van der Waals surface area contributed by atoms with E-state index < -0.39 is 27.1 Å². The third kappa shape index (κ3) is 4.07. The molecular weight excluding hydrogens is 306 g/mol. The summed E-state index contributed by atoms with van der Waals surface area (Å²) in [6, 6.07) is 5.18. The maximum absolute atomic E-state index is 12.0. The van der Waals surface area contributed by atoms with Crippen molar-refractivity contribution in [1.29, 1.82) is 0 Å². The van der Waals surface area contributed by atoms with Gasteiger partial charge >= 0.3 is 5.97 Å². The minimum atomic E-state index is -3.34. The predicted molar refractivity (Wildman–Crippen MR) is 82.3 cm³/mol. The summed E-state index contributed by atoms with van der Waals surface area (Å²) in [7, 11) is -1.91. The molecule has 0 fully saturated rings. The fraction of sp³-hybridized carbons (Fsp3) is 0.467. The van der Waals surface area contributed by atoms with Crippen LogP contribution < -0.4 is 0 Å². The molecule has 1 atom stereocenters. The van der Waals surface area contributed by atoms with Crippen LogP contribution in [0.4, 0.5) is 0 Å². The molecule has 0 radical (unpaired) electrons.